The van der Waals surface area contributed by atoms with E-state index in [1.807, 2.05) is 30.3 Å². The van der Waals surface area contributed by atoms with Crippen molar-refractivity contribution in [3.05, 3.63) is 46.0 Å². The molecule has 0 aliphatic heterocycles. The van der Waals surface area contributed by atoms with Crippen LogP contribution in [0.2, 0.25) is 0 Å². The lowest BCUT2D eigenvalue weighted by Gasteiger charge is -2.14. The molecule has 5 nitrogen and oxygen atoms in total. The molecule has 5 heteroatoms. The van der Waals surface area contributed by atoms with Crippen molar-refractivity contribution in [3.63, 3.8) is 0 Å². The summed E-state index contributed by atoms with van der Waals surface area (Å²) in [5, 5.41) is 11.3. The molecule has 2 rings (SSSR count). The van der Waals surface area contributed by atoms with Crippen molar-refractivity contribution in [1.82, 2.24) is 0 Å². The van der Waals surface area contributed by atoms with Crippen molar-refractivity contribution in [2.75, 3.05) is 6.61 Å². The summed E-state index contributed by atoms with van der Waals surface area (Å²) in [6, 6.07) is 9.09. The van der Waals surface area contributed by atoms with E-state index in [0.717, 1.165) is 5.56 Å². The van der Waals surface area contributed by atoms with Gasteiger partial charge in [0, 0.05) is 11.3 Å². The number of hydrogen-bond donors (Lipinski definition) is 0. The van der Waals surface area contributed by atoms with Gasteiger partial charge in [0.05, 0.1) is 12.0 Å². The zero-order chi connectivity index (χ0) is 13.4. The summed E-state index contributed by atoms with van der Waals surface area (Å²) in [5.41, 5.74) is -1.59. The Balaban J connectivity index is 2.38. The van der Waals surface area contributed by atoms with Crippen LogP contribution in [-0.2, 0) is 14.9 Å². The summed E-state index contributed by atoms with van der Waals surface area (Å²) in [7, 11) is 0. The Hall–Kier alpha value is -1.91. The predicted octanol–water partition coefficient (Wildman–Crippen LogP) is 1.93. The number of ether oxygens (including phenoxy) is 1. The molecule has 18 heavy (non-hydrogen) atoms. The minimum Gasteiger partial charge on any atom is -0.461 e. The molecule has 0 heterocycles. The largest absolute Gasteiger partial charge is 0.461 e. The minimum absolute atomic E-state index is 0.152. The molecule has 1 aliphatic carbocycles. The van der Waals surface area contributed by atoms with Crippen molar-refractivity contribution >= 4 is 5.97 Å². The summed E-state index contributed by atoms with van der Waals surface area (Å²) >= 11 is 0. The Morgan fingerprint density at radius 3 is 2.56 bits per heavy atom. The summed E-state index contributed by atoms with van der Waals surface area (Å²) in [4.78, 5) is 22.7. The maximum Gasteiger partial charge on any atom is 0.385 e. The van der Waals surface area contributed by atoms with Crippen LogP contribution in [-0.4, -0.2) is 23.0 Å². The maximum absolute atomic E-state index is 11.9. The van der Waals surface area contributed by atoms with Crippen LogP contribution in [0.1, 0.15) is 25.8 Å². The van der Waals surface area contributed by atoms with Crippen molar-refractivity contribution < 1.29 is 14.5 Å². The van der Waals surface area contributed by atoms with Gasteiger partial charge in [-0.2, -0.15) is 0 Å². The van der Waals surface area contributed by atoms with Crippen molar-refractivity contribution in [2.24, 2.45) is 0 Å². The lowest BCUT2D eigenvalue weighted by atomic mass is 9.93. The molecule has 1 saturated carbocycles. The van der Waals surface area contributed by atoms with E-state index >= 15 is 0 Å². The second-order valence-electron chi connectivity index (χ2n) is 4.71. The van der Waals surface area contributed by atoms with Gasteiger partial charge in [-0.3, -0.25) is 10.1 Å². The highest BCUT2D eigenvalue weighted by atomic mass is 16.6. The first-order valence-corrected chi connectivity index (χ1v) is 5.86. The van der Waals surface area contributed by atoms with Gasteiger partial charge in [-0.1, -0.05) is 30.3 Å². The topological polar surface area (TPSA) is 69.4 Å². The second kappa shape index (κ2) is 4.08. The molecule has 1 fully saturated rings. The quantitative estimate of drug-likeness (QED) is 0.464. The monoisotopic (exact) mass is 249 g/mol. The molecule has 0 radical (unpaired) electrons. The molecular weight excluding hydrogens is 234 g/mol. The molecule has 1 aromatic rings. The number of carbonyl (C=O) groups excluding carboxylic acids is 1. The molecule has 96 valence electrons. The van der Waals surface area contributed by atoms with Gasteiger partial charge in [-0.05, 0) is 19.4 Å². The van der Waals surface area contributed by atoms with E-state index < -0.39 is 21.8 Å². The van der Waals surface area contributed by atoms with E-state index in [0.29, 0.717) is 0 Å². The van der Waals surface area contributed by atoms with Gasteiger partial charge in [-0.15, -0.1) is 0 Å². The van der Waals surface area contributed by atoms with Crippen LogP contribution < -0.4 is 0 Å². The molecule has 0 amide bonds. The Morgan fingerprint density at radius 2 is 2.06 bits per heavy atom. The highest BCUT2D eigenvalue weighted by Crippen LogP contribution is 2.59. The van der Waals surface area contributed by atoms with Crippen LogP contribution in [0.5, 0.6) is 0 Å². The van der Waals surface area contributed by atoms with Crippen LogP contribution >= 0.6 is 0 Å². The average molecular weight is 249 g/mol. The lowest BCUT2D eigenvalue weighted by molar-refractivity contribution is -0.530. The Labute approximate surface area is 105 Å². The van der Waals surface area contributed by atoms with E-state index in [1.54, 1.807) is 13.8 Å². The van der Waals surface area contributed by atoms with E-state index in [2.05, 4.69) is 0 Å². The molecule has 0 spiro atoms. The van der Waals surface area contributed by atoms with E-state index in [-0.39, 0.29) is 13.0 Å². The normalized spacial score (nSPS) is 29.7. The number of benzene rings is 1. The minimum atomic E-state index is -1.62. The Kier molecular flexibility index (Phi) is 2.84. The first-order chi connectivity index (χ1) is 8.49. The molecule has 0 saturated heterocycles. The molecular formula is C13H15NO4. The predicted molar refractivity (Wildman–Crippen MR) is 64.8 cm³/mol. The third kappa shape index (κ3) is 1.50. The van der Waals surface area contributed by atoms with Gasteiger partial charge in [0.2, 0.25) is 0 Å². The fourth-order valence-corrected chi connectivity index (χ4v) is 2.50. The summed E-state index contributed by atoms with van der Waals surface area (Å²) < 4.78 is 4.87. The Bertz CT molecular complexity index is 487. The summed E-state index contributed by atoms with van der Waals surface area (Å²) in [6.45, 7) is 3.54. The van der Waals surface area contributed by atoms with Crippen molar-refractivity contribution in [3.8, 4) is 0 Å². The zero-order valence-corrected chi connectivity index (χ0v) is 10.4. The summed E-state index contributed by atoms with van der Waals surface area (Å²) in [6.07, 6.45) is 0.190. The molecule has 0 aromatic heterocycles. The van der Waals surface area contributed by atoms with Gasteiger partial charge < -0.3 is 4.74 Å². The van der Waals surface area contributed by atoms with Crippen molar-refractivity contribution in [2.45, 2.75) is 31.2 Å². The fourth-order valence-electron chi connectivity index (χ4n) is 2.50. The molecule has 1 aromatic carbocycles. The average Bonchev–Trinajstić information content (AvgIpc) is 3.01. The third-order valence-electron chi connectivity index (χ3n) is 3.73. The SMILES string of the molecule is CCOC(=O)C1([N+](=O)[O-])CC1(C)c1ccccc1. The summed E-state index contributed by atoms with van der Waals surface area (Å²) in [5.74, 6) is -0.735. The van der Waals surface area contributed by atoms with Gasteiger partial charge in [0.15, 0.2) is 0 Å². The van der Waals surface area contributed by atoms with Crippen LogP contribution in [0.15, 0.2) is 30.3 Å². The fraction of sp³-hybridized carbons (Fsp3) is 0.462. The molecule has 1 aliphatic rings. The van der Waals surface area contributed by atoms with Gasteiger partial charge in [0.1, 0.15) is 0 Å². The number of nitrogens with zero attached hydrogens (tertiary/aromatic N) is 1. The van der Waals surface area contributed by atoms with E-state index in [1.165, 1.54) is 0 Å². The lowest BCUT2D eigenvalue weighted by Crippen LogP contribution is -2.40. The highest BCUT2D eigenvalue weighted by Gasteiger charge is 2.82. The molecule has 0 bridgehead atoms. The van der Waals surface area contributed by atoms with Crippen molar-refractivity contribution in [1.29, 1.82) is 0 Å². The van der Waals surface area contributed by atoms with Gasteiger partial charge >= 0.3 is 11.5 Å². The zero-order valence-electron chi connectivity index (χ0n) is 10.4. The van der Waals surface area contributed by atoms with E-state index in [4.69, 9.17) is 4.74 Å². The standard InChI is InChI=1S/C13H15NO4/c1-3-18-11(15)13(14(16)17)9-12(13,2)10-7-5-4-6-8-10/h4-8H,3,9H2,1-2H3. The van der Waals surface area contributed by atoms with Gasteiger partial charge in [0.25, 0.3) is 0 Å². The molecule has 2 unspecified atom stereocenters. The highest BCUT2D eigenvalue weighted by molar-refractivity contribution is 5.87. The Morgan fingerprint density at radius 1 is 1.44 bits per heavy atom. The van der Waals surface area contributed by atoms with Crippen LogP contribution in [0.4, 0.5) is 0 Å². The smallest absolute Gasteiger partial charge is 0.385 e. The second-order valence-corrected chi connectivity index (χ2v) is 4.71. The van der Waals surface area contributed by atoms with E-state index in [9.17, 15) is 14.9 Å². The van der Waals surface area contributed by atoms with Crippen LogP contribution in [0.3, 0.4) is 0 Å². The number of esters is 1. The molecule has 0 N–H and O–H groups in total. The van der Waals surface area contributed by atoms with Crippen LogP contribution in [0.25, 0.3) is 0 Å². The maximum atomic E-state index is 11.9. The van der Waals surface area contributed by atoms with Crippen LogP contribution in [0, 0.1) is 10.1 Å². The number of nitro groups is 1. The van der Waals surface area contributed by atoms with Gasteiger partial charge in [-0.25, -0.2) is 4.79 Å². The number of rotatable bonds is 4. The third-order valence-corrected chi connectivity index (χ3v) is 3.73. The first-order valence-electron chi connectivity index (χ1n) is 5.86. The number of hydrogen-bond acceptors (Lipinski definition) is 4. The first kappa shape index (κ1) is 12.5. The number of carbonyl (C=O) groups is 1. The molecule has 2 atom stereocenters.